The van der Waals surface area contributed by atoms with Gasteiger partial charge in [0.05, 0.1) is 4.88 Å². The van der Waals surface area contributed by atoms with E-state index < -0.39 is 5.97 Å². The largest absolute Gasteiger partial charge is 0.475 e. The Hall–Kier alpha value is -1.14. The van der Waals surface area contributed by atoms with E-state index >= 15 is 0 Å². The van der Waals surface area contributed by atoms with E-state index in [2.05, 4.69) is 25.6 Å². The van der Waals surface area contributed by atoms with E-state index in [4.69, 9.17) is 5.11 Å². The van der Waals surface area contributed by atoms with Gasteiger partial charge in [0.25, 0.3) is 0 Å². The molecule has 6 heteroatoms. The Bertz CT molecular complexity index is 498. The minimum Gasteiger partial charge on any atom is -0.475 e. The third-order valence-corrected chi connectivity index (χ3v) is 3.99. The molecule has 0 radical (unpaired) electrons. The second-order valence-electron chi connectivity index (χ2n) is 2.90. The number of nitrogens with zero attached hydrogens (tertiary/aromatic N) is 1. The molecule has 78 valence electrons. The SMILES string of the molecule is Cc1sc(-c2cc(C(=O)O)on2)cc1Br. The van der Waals surface area contributed by atoms with Crippen molar-refractivity contribution in [1.29, 1.82) is 0 Å². The summed E-state index contributed by atoms with van der Waals surface area (Å²) in [6.07, 6.45) is 0. The highest BCUT2D eigenvalue weighted by Gasteiger charge is 2.14. The Morgan fingerprint density at radius 1 is 1.60 bits per heavy atom. The van der Waals surface area contributed by atoms with Crippen molar-refractivity contribution < 1.29 is 14.4 Å². The average Bonchev–Trinajstić information content (AvgIpc) is 2.74. The van der Waals surface area contributed by atoms with Gasteiger partial charge in [0.2, 0.25) is 5.76 Å². The molecule has 2 heterocycles. The monoisotopic (exact) mass is 287 g/mol. The number of carboxylic acid groups (broad SMARTS) is 1. The van der Waals surface area contributed by atoms with Crippen molar-refractivity contribution in [3.05, 3.63) is 27.2 Å². The topological polar surface area (TPSA) is 63.3 Å². The van der Waals surface area contributed by atoms with Crippen LogP contribution in [-0.2, 0) is 0 Å². The molecular formula is C9H6BrNO3S. The molecule has 0 fully saturated rings. The highest BCUT2D eigenvalue weighted by atomic mass is 79.9. The molecule has 0 aliphatic carbocycles. The molecule has 0 atom stereocenters. The predicted octanol–water partition coefficient (Wildman–Crippen LogP) is 3.17. The molecule has 2 aromatic rings. The molecule has 2 rings (SSSR count). The number of rotatable bonds is 2. The zero-order valence-electron chi connectivity index (χ0n) is 7.65. The van der Waals surface area contributed by atoms with Crippen LogP contribution in [0.5, 0.6) is 0 Å². The first-order chi connectivity index (χ1) is 7.08. The quantitative estimate of drug-likeness (QED) is 0.921. The number of thiophene rings is 1. The van der Waals surface area contributed by atoms with Crippen LogP contribution in [0.2, 0.25) is 0 Å². The molecule has 0 saturated heterocycles. The van der Waals surface area contributed by atoms with Gasteiger partial charge in [-0.2, -0.15) is 0 Å². The summed E-state index contributed by atoms with van der Waals surface area (Å²) in [6.45, 7) is 1.97. The number of aryl methyl sites for hydroxylation is 1. The van der Waals surface area contributed by atoms with Crippen LogP contribution in [0.4, 0.5) is 0 Å². The Kier molecular flexibility index (Phi) is 2.62. The van der Waals surface area contributed by atoms with E-state index in [1.54, 1.807) is 0 Å². The maximum absolute atomic E-state index is 10.6. The summed E-state index contributed by atoms with van der Waals surface area (Å²) in [7, 11) is 0. The summed E-state index contributed by atoms with van der Waals surface area (Å²) >= 11 is 4.91. The lowest BCUT2D eigenvalue weighted by molar-refractivity contribution is 0.0652. The standard InChI is InChI=1S/C9H6BrNO3S/c1-4-5(10)2-8(15-4)6-3-7(9(12)13)14-11-6/h2-3H,1H3,(H,12,13). The van der Waals surface area contributed by atoms with Crippen LogP contribution in [0.15, 0.2) is 21.1 Å². The average molecular weight is 288 g/mol. The van der Waals surface area contributed by atoms with E-state index in [0.29, 0.717) is 5.69 Å². The zero-order chi connectivity index (χ0) is 11.0. The molecule has 0 bridgehead atoms. The number of carbonyl (C=O) groups is 1. The molecule has 2 aromatic heterocycles. The van der Waals surface area contributed by atoms with E-state index in [0.717, 1.165) is 14.2 Å². The zero-order valence-corrected chi connectivity index (χ0v) is 10.1. The molecule has 0 saturated carbocycles. The third-order valence-electron chi connectivity index (χ3n) is 1.83. The first-order valence-electron chi connectivity index (χ1n) is 4.04. The summed E-state index contributed by atoms with van der Waals surface area (Å²) < 4.78 is 5.66. The second kappa shape index (κ2) is 3.79. The van der Waals surface area contributed by atoms with Crippen molar-refractivity contribution in [2.45, 2.75) is 6.92 Å². The number of halogens is 1. The lowest BCUT2D eigenvalue weighted by atomic mass is 10.3. The van der Waals surface area contributed by atoms with Crippen LogP contribution < -0.4 is 0 Å². The minimum absolute atomic E-state index is 0.146. The molecule has 0 spiro atoms. The van der Waals surface area contributed by atoms with Crippen molar-refractivity contribution in [2.24, 2.45) is 0 Å². The fraction of sp³-hybridized carbons (Fsp3) is 0.111. The first kappa shape index (κ1) is 10.4. The van der Waals surface area contributed by atoms with Crippen molar-refractivity contribution in [2.75, 3.05) is 0 Å². The number of hydrogen-bond donors (Lipinski definition) is 1. The minimum atomic E-state index is -1.11. The normalized spacial score (nSPS) is 10.5. The van der Waals surface area contributed by atoms with Crippen LogP contribution >= 0.6 is 27.3 Å². The first-order valence-corrected chi connectivity index (χ1v) is 5.65. The van der Waals surface area contributed by atoms with E-state index in [-0.39, 0.29) is 5.76 Å². The van der Waals surface area contributed by atoms with Gasteiger partial charge in [-0.1, -0.05) is 5.16 Å². The highest BCUT2D eigenvalue weighted by Crippen LogP contribution is 2.33. The van der Waals surface area contributed by atoms with Gasteiger partial charge in [-0.15, -0.1) is 11.3 Å². The van der Waals surface area contributed by atoms with Gasteiger partial charge in [0.15, 0.2) is 0 Å². The Morgan fingerprint density at radius 2 is 2.33 bits per heavy atom. The van der Waals surface area contributed by atoms with Crippen LogP contribution in [0.3, 0.4) is 0 Å². The third kappa shape index (κ3) is 1.95. The molecule has 0 unspecified atom stereocenters. The molecule has 0 aliphatic heterocycles. The van der Waals surface area contributed by atoms with E-state index in [1.165, 1.54) is 17.4 Å². The summed E-state index contributed by atoms with van der Waals surface area (Å²) in [5.41, 5.74) is 0.547. The van der Waals surface area contributed by atoms with E-state index in [1.807, 2.05) is 13.0 Å². The lowest BCUT2D eigenvalue weighted by Crippen LogP contribution is -1.91. The lowest BCUT2D eigenvalue weighted by Gasteiger charge is -1.83. The highest BCUT2D eigenvalue weighted by molar-refractivity contribution is 9.10. The van der Waals surface area contributed by atoms with Crippen LogP contribution in [0.25, 0.3) is 10.6 Å². The van der Waals surface area contributed by atoms with Gasteiger partial charge in [-0.3, -0.25) is 0 Å². The molecule has 4 nitrogen and oxygen atoms in total. The smallest absolute Gasteiger partial charge is 0.374 e. The molecule has 15 heavy (non-hydrogen) atoms. The van der Waals surface area contributed by atoms with Crippen molar-refractivity contribution in [1.82, 2.24) is 5.16 Å². The van der Waals surface area contributed by atoms with Gasteiger partial charge in [-0.05, 0) is 28.9 Å². The van der Waals surface area contributed by atoms with Gasteiger partial charge >= 0.3 is 5.97 Å². The number of carboxylic acids is 1. The van der Waals surface area contributed by atoms with Gasteiger partial charge in [-0.25, -0.2) is 4.79 Å². The van der Waals surface area contributed by atoms with Crippen molar-refractivity contribution >= 4 is 33.2 Å². The maximum Gasteiger partial charge on any atom is 0.374 e. The number of aromatic carboxylic acids is 1. The van der Waals surface area contributed by atoms with E-state index in [9.17, 15) is 4.79 Å². The molecule has 1 N–H and O–H groups in total. The van der Waals surface area contributed by atoms with Crippen LogP contribution in [0.1, 0.15) is 15.4 Å². The predicted molar refractivity (Wildman–Crippen MR) is 59.2 cm³/mol. The van der Waals surface area contributed by atoms with Crippen molar-refractivity contribution in [3.63, 3.8) is 0 Å². The summed E-state index contributed by atoms with van der Waals surface area (Å²) in [5, 5.41) is 12.4. The van der Waals surface area contributed by atoms with Gasteiger partial charge < -0.3 is 9.63 Å². The van der Waals surface area contributed by atoms with Gasteiger partial charge in [0.1, 0.15) is 5.69 Å². The summed E-state index contributed by atoms with van der Waals surface area (Å²) in [6, 6.07) is 3.31. The van der Waals surface area contributed by atoms with Crippen molar-refractivity contribution in [3.8, 4) is 10.6 Å². The number of aromatic nitrogens is 1. The van der Waals surface area contributed by atoms with Crippen LogP contribution in [-0.4, -0.2) is 16.2 Å². The summed E-state index contributed by atoms with van der Waals surface area (Å²) in [5.74, 6) is -1.26. The Balaban J connectivity index is 2.41. The Morgan fingerprint density at radius 3 is 2.80 bits per heavy atom. The maximum atomic E-state index is 10.6. The molecular weight excluding hydrogens is 282 g/mol. The summed E-state index contributed by atoms with van der Waals surface area (Å²) in [4.78, 5) is 12.6. The molecule has 0 aliphatic rings. The Labute approximate surface area is 97.6 Å². The fourth-order valence-corrected chi connectivity index (χ4v) is 2.57. The fourth-order valence-electron chi connectivity index (χ4n) is 1.08. The van der Waals surface area contributed by atoms with Crippen LogP contribution in [0, 0.1) is 6.92 Å². The molecule has 0 amide bonds. The molecule has 0 aromatic carbocycles. The van der Waals surface area contributed by atoms with Gasteiger partial charge in [0, 0.05) is 15.4 Å². The second-order valence-corrected chi connectivity index (χ2v) is 5.01. The number of hydrogen-bond acceptors (Lipinski definition) is 4.